The van der Waals surface area contributed by atoms with E-state index in [0.717, 1.165) is 17.2 Å². The van der Waals surface area contributed by atoms with Gasteiger partial charge in [-0.2, -0.15) is 5.10 Å². The minimum atomic E-state index is 0.594. The second kappa shape index (κ2) is 4.08. The Labute approximate surface area is 88.2 Å². The topological polar surface area (TPSA) is 55.6 Å². The lowest BCUT2D eigenvalue weighted by molar-refractivity contribution is 0.747. The Morgan fingerprint density at radius 1 is 1.33 bits per heavy atom. The highest BCUT2D eigenvalue weighted by atomic mass is 15.3. The van der Waals surface area contributed by atoms with Gasteiger partial charge in [0.15, 0.2) is 5.82 Å². The van der Waals surface area contributed by atoms with Crippen LogP contribution in [0.25, 0.3) is 0 Å². The van der Waals surface area contributed by atoms with Crippen molar-refractivity contribution in [2.75, 3.05) is 5.32 Å². The van der Waals surface area contributed by atoms with Gasteiger partial charge in [-0.25, -0.2) is 9.97 Å². The van der Waals surface area contributed by atoms with Crippen LogP contribution >= 0.6 is 0 Å². The molecule has 0 amide bonds. The first-order chi connectivity index (χ1) is 7.24. The zero-order chi connectivity index (χ0) is 10.7. The summed E-state index contributed by atoms with van der Waals surface area (Å²) in [6.45, 7) is 2.61. The Morgan fingerprint density at radius 2 is 2.20 bits per heavy atom. The van der Waals surface area contributed by atoms with Crippen molar-refractivity contribution in [3.8, 4) is 0 Å². The molecule has 0 atom stereocenters. The zero-order valence-corrected chi connectivity index (χ0v) is 8.81. The monoisotopic (exact) mass is 203 g/mol. The van der Waals surface area contributed by atoms with Crippen molar-refractivity contribution in [2.24, 2.45) is 7.05 Å². The predicted molar refractivity (Wildman–Crippen MR) is 57.3 cm³/mol. The number of aromatic nitrogens is 4. The molecule has 2 aromatic heterocycles. The third kappa shape index (κ3) is 2.52. The summed E-state index contributed by atoms with van der Waals surface area (Å²) in [5.74, 6) is 1.60. The van der Waals surface area contributed by atoms with Gasteiger partial charge in [-0.05, 0) is 18.6 Å². The summed E-state index contributed by atoms with van der Waals surface area (Å²) in [6, 6.07) is 3.96. The highest BCUT2D eigenvalue weighted by molar-refractivity contribution is 5.35. The lowest BCUT2D eigenvalue weighted by atomic mass is 10.3. The Morgan fingerprint density at radius 3 is 2.80 bits per heavy atom. The number of nitrogens with zero attached hydrogens (tertiary/aromatic N) is 4. The molecule has 0 aliphatic rings. The number of hydrogen-bond acceptors (Lipinski definition) is 4. The second-order valence-corrected chi connectivity index (χ2v) is 3.41. The molecule has 0 aromatic carbocycles. The summed E-state index contributed by atoms with van der Waals surface area (Å²) in [5, 5.41) is 7.31. The van der Waals surface area contributed by atoms with E-state index in [1.165, 1.54) is 0 Å². The molecular formula is C10H13N5. The zero-order valence-electron chi connectivity index (χ0n) is 8.81. The van der Waals surface area contributed by atoms with Crippen LogP contribution in [-0.4, -0.2) is 19.7 Å². The first-order valence-electron chi connectivity index (χ1n) is 4.75. The van der Waals surface area contributed by atoms with Gasteiger partial charge in [0.2, 0.25) is 0 Å². The van der Waals surface area contributed by atoms with Crippen LogP contribution in [0.3, 0.4) is 0 Å². The third-order valence-corrected chi connectivity index (χ3v) is 1.99. The van der Waals surface area contributed by atoms with Crippen LogP contribution in [0.15, 0.2) is 24.7 Å². The molecule has 0 aliphatic heterocycles. The average Bonchev–Trinajstić information content (AvgIpc) is 2.64. The molecule has 2 rings (SSSR count). The van der Waals surface area contributed by atoms with Crippen LogP contribution < -0.4 is 5.32 Å². The van der Waals surface area contributed by atoms with Crippen molar-refractivity contribution >= 4 is 5.82 Å². The van der Waals surface area contributed by atoms with E-state index in [1.54, 1.807) is 11.0 Å². The number of pyridine rings is 1. The SMILES string of the molecule is Cc1ccc(NCc2ncn(C)n2)nc1. The van der Waals surface area contributed by atoms with E-state index in [1.807, 2.05) is 32.3 Å². The molecule has 15 heavy (non-hydrogen) atoms. The maximum atomic E-state index is 4.23. The molecule has 78 valence electrons. The molecule has 2 aromatic rings. The van der Waals surface area contributed by atoms with Crippen LogP contribution in [0, 0.1) is 6.92 Å². The van der Waals surface area contributed by atoms with Crippen molar-refractivity contribution in [2.45, 2.75) is 13.5 Å². The molecule has 5 nitrogen and oxygen atoms in total. The van der Waals surface area contributed by atoms with Gasteiger partial charge in [0, 0.05) is 13.2 Å². The van der Waals surface area contributed by atoms with E-state index in [4.69, 9.17) is 0 Å². The van der Waals surface area contributed by atoms with Crippen LogP contribution in [0.2, 0.25) is 0 Å². The predicted octanol–water partition coefficient (Wildman–Crippen LogP) is 1.13. The molecule has 0 saturated carbocycles. The lowest BCUT2D eigenvalue weighted by Crippen LogP contribution is -2.03. The van der Waals surface area contributed by atoms with Gasteiger partial charge in [-0.15, -0.1) is 0 Å². The summed E-state index contributed by atoms with van der Waals surface area (Å²) in [7, 11) is 1.85. The van der Waals surface area contributed by atoms with Gasteiger partial charge in [-0.1, -0.05) is 6.07 Å². The maximum absolute atomic E-state index is 4.23. The van der Waals surface area contributed by atoms with Crippen LogP contribution in [-0.2, 0) is 13.6 Å². The maximum Gasteiger partial charge on any atom is 0.169 e. The Bertz CT molecular complexity index is 431. The Hall–Kier alpha value is -1.91. The van der Waals surface area contributed by atoms with E-state index in [-0.39, 0.29) is 0 Å². The van der Waals surface area contributed by atoms with Gasteiger partial charge in [0.25, 0.3) is 0 Å². The van der Waals surface area contributed by atoms with Crippen molar-refractivity contribution < 1.29 is 0 Å². The molecule has 0 aliphatic carbocycles. The summed E-state index contributed by atoms with van der Waals surface area (Å²) in [6.07, 6.45) is 3.51. The van der Waals surface area contributed by atoms with Crippen molar-refractivity contribution in [3.05, 3.63) is 36.0 Å². The first-order valence-corrected chi connectivity index (χ1v) is 4.75. The number of rotatable bonds is 3. The van der Waals surface area contributed by atoms with E-state index in [9.17, 15) is 0 Å². The summed E-state index contributed by atoms with van der Waals surface area (Å²) >= 11 is 0. The molecule has 0 saturated heterocycles. The van der Waals surface area contributed by atoms with E-state index in [2.05, 4.69) is 20.4 Å². The Balaban J connectivity index is 1.96. The molecule has 0 spiro atoms. The van der Waals surface area contributed by atoms with Gasteiger partial charge in [-0.3, -0.25) is 4.68 Å². The molecule has 5 heteroatoms. The molecule has 0 unspecified atom stereocenters. The van der Waals surface area contributed by atoms with Crippen molar-refractivity contribution in [1.29, 1.82) is 0 Å². The standard InChI is InChI=1S/C10H13N5/c1-8-3-4-9(11-5-8)12-6-10-13-7-15(2)14-10/h3-5,7H,6H2,1-2H3,(H,11,12). The smallest absolute Gasteiger partial charge is 0.169 e. The van der Waals surface area contributed by atoms with Crippen molar-refractivity contribution in [3.63, 3.8) is 0 Å². The molecular weight excluding hydrogens is 190 g/mol. The van der Waals surface area contributed by atoms with E-state index in [0.29, 0.717) is 6.54 Å². The van der Waals surface area contributed by atoms with Crippen LogP contribution in [0.4, 0.5) is 5.82 Å². The second-order valence-electron chi connectivity index (χ2n) is 3.41. The quantitative estimate of drug-likeness (QED) is 0.812. The first kappa shape index (κ1) is 9.64. The molecule has 0 bridgehead atoms. The Kier molecular flexibility index (Phi) is 2.62. The lowest BCUT2D eigenvalue weighted by Gasteiger charge is -2.02. The number of nitrogens with one attached hydrogen (secondary N) is 1. The largest absolute Gasteiger partial charge is 0.363 e. The van der Waals surface area contributed by atoms with E-state index < -0.39 is 0 Å². The van der Waals surface area contributed by atoms with Gasteiger partial charge in [0.05, 0.1) is 6.54 Å². The summed E-state index contributed by atoms with van der Waals surface area (Å²) in [4.78, 5) is 8.34. The van der Waals surface area contributed by atoms with Gasteiger partial charge >= 0.3 is 0 Å². The molecule has 0 fully saturated rings. The fraction of sp³-hybridized carbons (Fsp3) is 0.300. The van der Waals surface area contributed by atoms with Gasteiger partial charge < -0.3 is 5.32 Å². The van der Waals surface area contributed by atoms with Crippen LogP contribution in [0.1, 0.15) is 11.4 Å². The third-order valence-electron chi connectivity index (χ3n) is 1.99. The fourth-order valence-corrected chi connectivity index (χ4v) is 1.21. The highest BCUT2D eigenvalue weighted by Gasteiger charge is 1.98. The summed E-state index contributed by atoms with van der Waals surface area (Å²) < 4.78 is 1.68. The highest BCUT2D eigenvalue weighted by Crippen LogP contribution is 2.04. The van der Waals surface area contributed by atoms with Crippen molar-refractivity contribution in [1.82, 2.24) is 19.7 Å². The van der Waals surface area contributed by atoms with E-state index >= 15 is 0 Å². The normalized spacial score (nSPS) is 10.3. The molecule has 0 radical (unpaired) electrons. The number of anilines is 1. The fourth-order valence-electron chi connectivity index (χ4n) is 1.21. The van der Waals surface area contributed by atoms with Crippen LogP contribution in [0.5, 0.6) is 0 Å². The number of hydrogen-bond donors (Lipinski definition) is 1. The molecule has 1 N–H and O–H groups in total. The average molecular weight is 203 g/mol. The molecule has 2 heterocycles. The van der Waals surface area contributed by atoms with Gasteiger partial charge in [0.1, 0.15) is 12.1 Å². The minimum Gasteiger partial charge on any atom is -0.363 e. The summed E-state index contributed by atoms with van der Waals surface area (Å²) in [5.41, 5.74) is 1.15. The number of aryl methyl sites for hydroxylation is 2. The minimum absolute atomic E-state index is 0.594.